The van der Waals surface area contributed by atoms with E-state index in [0.717, 1.165) is 25.1 Å². The molecule has 5 heteroatoms. The highest BCUT2D eigenvalue weighted by Gasteiger charge is 2.21. The topological polar surface area (TPSA) is 64.4 Å². The van der Waals surface area contributed by atoms with Crippen LogP contribution < -0.4 is 10.1 Å². The van der Waals surface area contributed by atoms with Crippen molar-refractivity contribution in [1.29, 1.82) is 0 Å². The van der Waals surface area contributed by atoms with Gasteiger partial charge in [-0.25, -0.2) is 0 Å². The van der Waals surface area contributed by atoms with E-state index in [0.29, 0.717) is 11.7 Å². The van der Waals surface area contributed by atoms with Crippen LogP contribution in [0.1, 0.15) is 17.9 Å². The molecule has 16 heavy (non-hydrogen) atoms. The van der Waals surface area contributed by atoms with E-state index in [4.69, 9.17) is 4.74 Å². The minimum Gasteiger partial charge on any atom is -0.490 e. The molecule has 0 saturated carbocycles. The zero-order valence-corrected chi connectivity index (χ0v) is 9.10. The maximum absolute atomic E-state index is 10.9. The van der Waals surface area contributed by atoms with E-state index in [2.05, 4.69) is 5.32 Å². The molecule has 0 amide bonds. The molecule has 1 fully saturated rings. The molecule has 1 aliphatic heterocycles. The maximum Gasteiger partial charge on any atom is 0.311 e. The summed E-state index contributed by atoms with van der Waals surface area (Å²) in [4.78, 5) is 10.5. The van der Waals surface area contributed by atoms with Crippen LogP contribution in [0.2, 0.25) is 0 Å². The van der Waals surface area contributed by atoms with Crippen molar-refractivity contribution in [3.63, 3.8) is 0 Å². The quantitative estimate of drug-likeness (QED) is 0.624. The Kier molecular flexibility index (Phi) is 3.05. The van der Waals surface area contributed by atoms with E-state index in [9.17, 15) is 10.1 Å². The van der Waals surface area contributed by atoms with Crippen LogP contribution in [-0.2, 0) is 0 Å². The lowest BCUT2D eigenvalue weighted by Crippen LogP contribution is -2.08. The van der Waals surface area contributed by atoms with E-state index in [1.807, 2.05) is 6.07 Å². The van der Waals surface area contributed by atoms with Gasteiger partial charge in [0.1, 0.15) is 0 Å². The van der Waals surface area contributed by atoms with Gasteiger partial charge in [0.15, 0.2) is 5.75 Å². The lowest BCUT2D eigenvalue weighted by atomic mass is 9.98. The smallest absolute Gasteiger partial charge is 0.311 e. The first-order chi connectivity index (χ1) is 7.72. The molecule has 1 N–H and O–H groups in total. The van der Waals surface area contributed by atoms with Crippen molar-refractivity contribution in [2.75, 3.05) is 20.2 Å². The normalized spacial score (nSPS) is 19.7. The fourth-order valence-corrected chi connectivity index (χ4v) is 2.04. The third-order valence-electron chi connectivity index (χ3n) is 2.93. The molecule has 1 aromatic rings. The van der Waals surface area contributed by atoms with E-state index < -0.39 is 4.92 Å². The fourth-order valence-electron chi connectivity index (χ4n) is 2.04. The number of nitro benzene ring substituents is 1. The molecule has 1 aromatic carbocycles. The Morgan fingerprint density at radius 2 is 2.38 bits per heavy atom. The van der Waals surface area contributed by atoms with Crippen molar-refractivity contribution in [1.82, 2.24) is 5.32 Å². The van der Waals surface area contributed by atoms with Gasteiger partial charge in [0.2, 0.25) is 0 Å². The number of nitrogens with zero attached hydrogens (tertiary/aromatic N) is 1. The standard InChI is InChI=1S/C11H14N2O3/c1-16-11-3-2-8(6-10(11)13(14)15)9-4-5-12-7-9/h2-3,6,9,12H,4-5,7H2,1H3. The van der Waals surface area contributed by atoms with Crippen LogP contribution in [0.25, 0.3) is 0 Å². The monoisotopic (exact) mass is 222 g/mol. The Bertz CT molecular complexity index is 400. The third-order valence-corrected chi connectivity index (χ3v) is 2.93. The number of rotatable bonds is 3. The Labute approximate surface area is 93.6 Å². The molecular weight excluding hydrogens is 208 g/mol. The highest BCUT2D eigenvalue weighted by Crippen LogP contribution is 2.32. The Hall–Kier alpha value is -1.62. The molecule has 1 aliphatic rings. The molecule has 1 heterocycles. The number of methoxy groups -OCH3 is 1. The van der Waals surface area contributed by atoms with Crippen LogP contribution in [0.5, 0.6) is 5.75 Å². The molecule has 0 bridgehead atoms. The van der Waals surface area contributed by atoms with Crippen LogP contribution >= 0.6 is 0 Å². The van der Waals surface area contributed by atoms with E-state index in [-0.39, 0.29) is 5.69 Å². The predicted octanol–water partition coefficient (Wildman–Crippen LogP) is 1.68. The number of nitrogens with one attached hydrogen (secondary N) is 1. The van der Waals surface area contributed by atoms with Crippen molar-refractivity contribution in [3.05, 3.63) is 33.9 Å². The van der Waals surface area contributed by atoms with Gasteiger partial charge >= 0.3 is 5.69 Å². The zero-order valence-electron chi connectivity index (χ0n) is 9.10. The van der Waals surface area contributed by atoms with Crippen LogP contribution in [0.4, 0.5) is 5.69 Å². The molecule has 1 saturated heterocycles. The van der Waals surface area contributed by atoms with Gasteiger partial charge in [0.25, 0.3) is 0 Å². The van der Waals surface area contributed by atoms with Crippen LogP contribution in [-0.4, -0.2) is 25.1 Å². The molecule has 2 rings (SSSR count). The molecule has 86 valence electrons. The van der Waals surface area contributed by atoms with Crippen molar-refractivity contribution >= 4 is 5.69 Å². The summed E-state index contributed by atoms with van der Waals surface area (Å²) in [6.07, 6.45) is 1.03. The molecule has 0 radical (unpaired) electrons. The van der Waals surface area contributed by atoms with Gasteiger partial charge in [-0.15, -0.1) is 0 Å². The average Bonchev–Trinajstić information content (AvgIpc) is 2.81. The molecule has 0 aromatic heterocycles. The molecule has 1 atom stereocenters. The summed E-state index contributed by atoms with van der Waals surface area (Å²) in [6, 6.07) is 5.20. The second-order valence-electron chi connectivity index (χ2n) is 3.88. The van der Waals surface area contributed by atoms with E-state index in [1.54, 1.807) is 12.1 Å². The zero-order chi connectivity index (χ0) is 11.5. The number of hydrogen-bond donors (Lipinski definition) is 1. The van der Waals surface area contributed by atoms with E-state index >= 15 is 0 Å². The van der Waals surface area contributed by atoms with Gasteiger partial charge in [-0.1, -0.05) is 6.07 Å². The number of nitro groups is 1. The first-order valence-electron chi connectivity index (χ1n) is 5.25. The third kappa shape index (κ3) is 1.99. The van der Waals surface area contributed by atoms with Gasteiger partial charge in [-0.05, 0) is 30.5 Å². The van der Waals surface area contributed by atoms with Gasteiger partial charge in [0.05, 0.1) is 12.0 Å². The van der Waals surface area contributed by atoms with E-state index in [1.165, 1.54) is 7.11 Å². The number of ether oxygens (including phenoxy) is 1. The molecule has 0 spiro atoms. The van der Waals surface area contributed by atoms with Gasteiger partial charge in [0, 0.05) is 12.6 Å². The fraction of sp³-hybridized carbons (Fsp3) is 0.455. The van der Waals surface area contributed by atoms with Crippen LogP contribution in [0.3, 0.4) is 0 Å². The van der Waals surface area contributed by atoms with Crippen molar-refractivity contribution in [2.24, 2.45) is 0 Å². The lowest BCUT2D eigenvalue weighted by molar-refractivity contribution is -0.385. The second kappa shape index (κ2) is 4.49. The summed E-state index contributed by atoms with van der Waals surface area (Å²) in [7, 11) is 1.44. The number of hydrogen-bond acceptors (Lipinski definition) is 4. The van der Waals surface area contributed by atoms with Gasteiger partial charge in [-0.3, -0.25) is 10.1 Å². The summed E-state index contributed by atoms with van der Waals surface area (Å²) in [5, 5.41) is 14.1. The van der Waals surface area contributed by atoms with Crippen LogP contribution in [0.15, 0.2) is 18.2 Å². The maximum atomic E-state index is 10.9. The van der Waals surface area contributed by atoms with Gasteiger partial charge < -0.3 is 10.1 Å². The Morgan fingerprint density at radius 1 is 1.56 bits per heavy atom. The summed E-state index contributed by atoms with van der Waals surface area (Å²) in [5.41, 5.74) is 1.06. The highest BCUT2D eigenvalue weighted by molar-refractivity contribution is 5.49. The minimum absolute atomic E-state index is 0.0481. The first-order valence-corrected chi connectivity index (χ1v) is 5.25. The SMILES string of the molecule is COc1ccc(C2CCNC2)cc1[N+](=O)[O-]. The summed E-state index contributed by atoms with van der Waals surface area (Å²) >= 11 is 0. The number of benzene rings is 1. The Balaban J connectivity index is 2.34. The minimum atomic E-state index is -0.398. The van der Waals surface area contributed by atoms with Crippen molar-refractivity contribution < 1.29 is 9.66 Å². The first kappa shape index (κ1) is 10.9. The van der Waals surface area contributed by atoms with Gasteiger partial charge in [-0.2, -0.15) is 0 Å². The molecular formula is C11H14N2O3. The lowest BCUT2D eigenvalue weighted by Gasteiger charge is -2.09. The average molecular weight is 222 g/mol. The molecule has 0 aliphatic carbocycles. The van der Waals surface area contributed by atoms with Crippen LogP contribution in [0, 0.1) is 10.1 Å². The predicted molar refractivity (Wildman–Crippen MR) is 59.9 cm³/mol. The summed E-state index contributed by atoms with van der Waals surface area (Å²) in [6.45, 7) is 1.87. The highest BCUT2D eigenvalue weighted by atomic mass is 16.6. The second-order valence-corrected chi connectivity index (χ2v) is 3.88. The van der Waals surface area contributed by atoms with Crippen molar-refractivity contribution in [2.45, 2.75) is 12.3 Å². The Morgan fingerprint density at radius 3 is 2.94 bits per heavy atom. The summed E-state index contributed by atoms with van der Waals surface area (Å²) in [5.74, 6) is 0.698. The molecule has 1 unspecified atom stereocenters. The van der Waals surface area contributed by atoms with Crippen molar-refractivity contribution in [3.8, 4) is 5.75 Å². The summed E-state index contributed by atoms with van der Waals surface area (Å²) < 4.78 is 4.97. The molecule has 5 nitrogen and oxygen atoms in total. The largest absolute Gasteiger partial charge is 0.490 e.